The fourth-order valence-corrected chi connectivity index (χ4v) is 3.64. The Hall–Kier alpha value is -2.80. The van der Waals surface area contributed by atoms with Crippen LogP contribution in [0, 0.1) is 0 Å². The van der Waals surface area contributed by atoms with Crippen molar-refractivity contribution >= 4 is 21.9 Å². The Labute approximate surface area is 182 Å². The minimum absolute atomic E-state index is 0.479. The number of hydrogen-bond donors (Lipinski definition) is 0. The summed E-state index contributed by atoms with van der Waals surface area (Å²) in [5.41, 5.74) is 4.15. The third kappa shape index (κ3) is 5.47. The van der Waals surface area contributed by atoms with E-state index in [-0.39, 0.29) is 0 Å². The van der Waals surface area contributed by atoms with E-state index in [0.29, 0.717) is 39.6 Å². The highest BCUT2D eigenvalue weighted by Crippen LogP contribution is 2.25. The van der Waals surface area contributed by atoms with Gasteiger partial charge < -0.3 is 18.8 Å². The predicted octanol–water partition coefficient (Wildman–Crippen LogP) is 4.74. The number of rotatable bonds is 12. The van der Waals surface area contributed by atoms with Crippen LogP contribution in [0.5, 0.6) is 0 Å². The van der Waals surface area contributed by atoms with E-state index in [2.05, 4.69) is 27.8 Å². The van der Waals surface area contributed by atoms with Crippen LogP contribution < -0.4 is 0 Å². The van der Waals surface area contributed by atoms with Crippen molar-refractivity contribution < 1.29 is 14.2 Å². The summed E-state index contributed by atoms with van der Waals surface area (Å²) in [6.07, 6.45) is 2.71. The molecule has 0 aliphatic rings. The molecular weight excluding hydrogens is 390 g/mol. The van der Waals surface area contributed by atoms with Gasteiger partial charge in [-0.05, 0) is 25.0 Å². The smallest absolute Gasteiger partial charge is 0.136 e. The predicted molar refractivity (Wildman–Crippen MR) is 122 cm³/mol. The Balaban J connectivity index is 1.33. The summed E-state index contributed by atoms with van der Waals surface area (Å²) in [5, 5.41) is 1.10. The lowest BCUT2D eigenvalue weighted by atomic mass is 10.2. The lowest BCUT2D eigenvalue weighted by Crippen LogP contribution is -2.12. The van der Waals surface area contributed by atoms with Crippen molar-refractivity contribution in [3.63, 3.8) is 0 Å². The zero-order valence-electron chi connectivity index (χ0n) is 18.0. The Morgan fingerprint density at radius 1 is 0.806 bits per heavy atom. The van der Waals surface area contributed by atoms with Gasteiger partial charge in [-0.1, -0.05) is 48.5 Å². The highest BCUT2D eigenvalue weighted by atomic mass is 16.5. The molecule has 2 heterocycles. The van der Waals surface area contributed by atoms with Gasteiger partial charge in [-0.2, -0.15) is 0 Å². The van der Waals surface area contributed by atoms with Crippen molar-refractivity contribution in [2.45, 2.75) is 33.1 Å². The lowest BCUT2D eigenvalue weighted by Gasteiger charge is -2.11. The minimum Gasteiger partial charge on any atom is -0.380 e. The van der Waals surface area contributed by atoms with Gasteiger partial charge in [0.25, 0.3) is 0 Å². The van der Waals surface area contributed by atoms with Gasteiger partial charge in [0, 0.05) is 31.8 Å². The topological polar surface area (TPSA) is 58.4 Å². The van der Waals surface area contributed by atoms with Gasteiger partial charge in [-0.15, -0.1) is 0 Å². The van der Waals surface area contributed by atoms with E-state index in [9.17, 15) is 0 Å². The number of fused-ring (bicyclic) bond motifs is 3. The molecule has 0 radical (unpaired) electrons. The van der Waals surface area contributed by atoms with Gasteiger partial charge in [0.15, 0.2) is 0 Å². The first kappa shape index (κ1) is 21.4. The summed E-state index contributed by atoms with van der Waals surface area (Å²) >= 11 is 0. The molecule has 6 nitrogen and oxygen atoms in total. The molecule has 0 N–H and O–H groups in total. The van der Waals surface area contributed by atoms with Crippen LogP contribution in [0.15, 0.2) is 60.8 Å². The molecule has 2 aromatic carbocycles. The molecule has 2 aromatic heterocycles. The highest BCUT2D eigenvalue weighted by molar-refractivity contribution is 6.02. The van der Waals surface area contributed by atoms with E-state index >= 15 is 0 Å². The van der Waals surface area contributed by atoms with Crippen LogP contribution in [0.1, 0.15) is 24.7 Å². The maximum atomic E-state index is 5.89. The average molecular weight is 420 g/mol. The second-order valence-electron chi connectivity index (χ2n) is 7.33. The van der Waals surface area contributed by atoms with Crippen molar-refractivity contribution in [3.05, 3.63) is 72.2 Å². The molecule has 0 unspecified atom stereocenters. The van der Waals surface area contributed by atoms with Crippen LogP contribution in [-0.2, 0) is 34.0 Å². The fourth-order valence-electron chi connectivity index (χ4n) is 3.64. The minimum atomic E-state index is 0.479. The average Bonchev–Trinajstić information content (AvgIpc) is 3.18. The Morgan fingerprint density at radius 2 is 1.61 bits per heavy atom. The summed E-state index contributed by atoms with van der Waals surface area (Å²) in [6.45, 7) is 6.46. The number of para-hydroxylation sites is 1. The van der Waals surface area contributed by atoms with Gasteiger partial charge in [0.1, 0.15) is 17.9 Å². The number of nitrogens with zero attached hydrogens (tertiary/aromatic N) is 3. The number of aromatic nitrogens is 3. The van der Waals surface area contributed by atoms with Crippen molar-refractivity contribution in [2.75, 3.05) is 26.4 Å². The van der Waals surface area contributed by atoms with E-state index in [0.717, 1.165) is 40.7 Å². The Kier molecular flexibility index (Phi) is 7.60. The SMILES string of the molecule is CCOCc1nc2cnc3ccccc3c2n1CCOCCCOCc1ccccc1. The van der Waals surface area contributed by atoms with Crippen molar-refractivity contribution in [1.29, 1.82) is 0 Å². The van der Waals surface area contributed by atoms with E-state index in [4.69, 9.17) is 19.2 Å². The van der Waals surface area contributed by atoms with Crippen LogP contribution in [0.3, 0.4) is 0 Å². The number of hydrogen-bond acceptors (Lipinski definition) is 5. The molecule has 0 spiro atoms. The molecule has 0 aliphatic heterocycles. The molecule has 0 bridgehead atoms. The molecular formula is C25H29N3O3. The number of pyridine rings is 1. The molecule has 4 rings (SSSR count). The Bertz CT molecular complexity index is 1100. The van der Waals surface area contributed by atoms with Crippen LogP contribution in [0.2, 0.25) is 0 Å². The maximum Gasteiger partial charge on any atom is 0.136 e. The fraction of sp³-hybridized carbons (Fsp3) is 0.360. The summed E-state index contributed by atoms with van der Waals surface area (Å²) in [5.74, 6) is 0.907. The quantitative estimate of drug-likeness (QED) is 0.310. The molecule has 0 saturated heterocycles. The van der Waals surface area contributed by atoms with Gasteiger partial charge >= 0.3 is 0 Å². The molecule has 0 aliphatic carbocycles. The molecule has 0 amide bonds. The van der Waals surface area contributed by atoms with Gasteiger partial charge in [0.05, 0.1) is 30.4 Å². The third-order valence-corrected chi connectivity index (χ3v) is 5.14. The summed E-state index contributed by atoms with van der Waals surface area (Å²) in [6, 6.07) is 18.4. The first-order valence-corrected chi connectivity index (χ1v) is 10.9. The summed E-state index contributed by atoms with van der Waals surface area (Å²) in [7, 11) is 0. The molecule has 31 heavy (non-hydrogen) atoms. The third-order valence-electron chi connectivity index (χ3n) is 5.14. The van der Waals surface area contributed by atoms with Crippen LogP contribution in [0.4, 0.5) is 0 Å². The molecule has 162 valence electrons. The van der Waals surface area contributed by atoms with E-state index < -0.39 is 0 Å². The van der Waals surface area contributed by atoms with Crippen molar-refractivity contribution in [2.24, 2.45) is 0 Å². The monoisotopic (exact) mass is 419 g/mol. The van der Waals surface area contributed by atoms with E-state index in [1.807, 2.05) is 49.5 Å². The molecule has 4 aromatic rings. The van der Waals surface area contributed by atoms with Gasteiger partial charge in [-0.25, -0.2) is 4.98 Å². The zero-order chi connectivity index (χ0) is 21.3. The van der Waals surface area contributed by atoms with E-state index in [1.54, 1.807) is 0 Å². The lowest BCUT2D eigenvalue weighted by molar-refractivity contribution is 0.0720. The van der Waals surface area contributed by atoms with E-state index in [1.165, 1.54) is 5.56 Å². The maximum absolute atomic E-state index is 5.89. The largest absolute Gasteiger partial charge is 0.380 e. The first-order valence-electron chi connectivity index (χ1n) is 10.9. The highest BCUT2D eigenvalue weighted by Gasteiger charge is 2.14. The molecule has 0 atom stereocenters. The molecule has 6 heteroatoms. The molecule has 0 saturated carbocycles. The van der Waals surface area contributed by atoms with Crippen molar-refractivity contribution in [1.82, 2.24) is 14.5 Å². The number of imidazole rings is 1. The summed E-state index contributed by atoms with van der Waals surface area (Å²) in [4.78, 5) is 9.31. The van der Waals surface area contributed by atoms with Crippen molar-refractivity contribution in [3.8, 4) is 0 Å². The second kappa shape index (κ2) is 11.0. The van der Waals surface area contributed by atoms with Crippen LogP contribution >= 0.6 is 0 Å². The molecule has 0 fully saturated rings. The number of benzene rings is 2. The van der Waals surface area contributed by atoms with Crippen LogP contribution in [-0.4, -0.2) is 41.0 Å². The standard InChI is InChI=1S/C25H29N3O3/c1-2-29-19-24-27-23-17-26-22-12-7-6-11-21(22)25(23)28(24)13-16-30-14-8-15-31-18-20-9-4-3-5-10-20/h3-7,9-12,17H,2,8,13-16,18-19H2,1H3. The Morgan fingerprint density at radius 3 is 2.48 bits per heavy atom. The zero-order valence-corrected chi connectivity index (χ0v) is 18.0. The van der Waals surface area contributed by atoms with Gasteiger partial charge in [0.2, 0.25) is 0 Å². The van der Waals surface area contributed by atoms with Crippen LogP contribution in [0.25, 0.3) is 21.9 Å². The summed E-state index contributed by atoms with van der Waals surface area (Å²) < 4.78 is 19.5. The first-order chi connectivity index (χ1) is 15.4. The number of ether oxygens (including phenoxy) is 3. The van der Waals surface area contributed by atoms with Gasteiger partial charge in [-0.3, -0.25) is 4.98 Å². The normalized spacial score (nSPS) is 11.5. The second-order valence-corrected chi connectivity index (χ2v) is 7.33.